The van der Waals surface area contributed by atoms with Crippen LogP contribution in [0.25, 0.3) is 11.1 Å². The minimum Gasteiger partial charge on any atom is -0.429 e. The number of fused-ring (bicyclic) bond motifs is 1. The van der Waals surface area contributed by atoms with Gasteiger partial charge in [0.2, 0.25) is 0 Å². The van der Waals surface area contributed by atoms with Gasteiger partial charge in [-0.3, -0.25) is 4.79 Å². The number of morpholine rings is 1. The molecule has 1 aromatic carbocycles. The van der Waals surface area contributed by atoms with Gasteiger partial charge in [-0.1, -0.05) is 0 Å². The van der Waals surface area contributed by atoms with Crippen molar-refractivity contribution in [3.63, 3.8) is 0 Å². The Morgan fingerprint density at radius 2 is 2.38 bits per heavy atom. The topological polar surface area (TPSA) is 78.7 Å². The molecule has 0 spiro atoms. The maximum Gasteiger partial charge on any atom is 0.266 e. The Balaban J connectivity index is 1.89. The van der Waals surface area contributed by atoms with Crippen LogP contribution in [-0.2, 0) is 4.74 Å². The predicted octanol–water partition coefficient (Wildman–Crippen LogP) is 1.71. The zero-order chi connectivity index (χ0) is 15.0. The molecule has 1 aromatic heterocycles. The molecule has 7 heteroatoms. The van der Waals surface area contributed by atoms with Gasteiger partial charge in [0.05, 0.1) is 30.9 Å². The average Bonchev–Trinajstić information content (AvgIpc) is 2.86. The van der Waals surface area contributed by atoms with Gasteiger partial charge >= 0.3 is 0 Å². The Labute approximate surface area is 126 Å². The van der Waals surface area contributed by atoms with Gasteiger partial charge in [0.15, 0.2) is 5.58 Å². The van der Waals surface area contributed by atoms with Crippen molar-refractivity contribution < 1.29 is 19.1 Å². The highest BCUT2D eigenvalue weighted by atomic mass is 32.1. The molecule has 2 aromatic rings. The van der Waals surface area contributed by atoms with Crippen LogP contribution in [0, 0.1) is 4.84 Å². The third kappa shape index (κ3) is 2.72. The number of carbonyl (C=O) groups excluding carboxylic acids is 1. The first-order valence-electron chi connectivity index (χ1n) is 6.75. The first-order chi connectivity index (χ1) is 10.1. The maximum absolute atomic E-state index is 12.6. The summed E-state index contributed by atoms with van der Waals surface area (Å²) < 4.78 is 10.8. The van der Waals surface area contributed by atoms with Crippen molar-refractivity contribution in [3.8, 4) is 0 Å². The molecular formula is C14H16N2O4S. The van der Waals surface area contributed by atoms with E-state index in [4.69, 9.17) is 21.4 Å². The van der Waals surface area contributed by atoms with Crippen LogP contribution in [0.3, 0.4) is 0 Å². The van der Waals surface area contributed by atoms with Crippen molar-refractivity contribution >= 4 is 29.2 Å². The fraction of sp³-hybridized carbons (Fsp3) is 0.429. The van der Waals surface area contributed by atoms with Crippen LogP contribution in [0.2, 0.25) is 0 Å². The van der Waals surface area contributed by atoms with E-state index in [1.807, 2.05) is 6.92 Å². The van der Waals surface area contributed by atoms with Gasteiger partial charge in [-0.15, -0.1) is 0 Å². The van der Waals surface area contributed by atoms with Gasteiger partial charge in [-0.2, -0.15) is 0 Å². The highest BCUT2D eigenvalue weighted by molar-refractivity contribution is 7.71. The molecule has 0 bridgehead atoms. The van der Waals surface area contributed by atoms with Crippen LogP contribution in [-0.4, -0.2) is 52.8 Å². The molecule has 0 saturated carbocycles. The van der Waals surface area contributed by atoms with Gasteiger partial charge in [0.1, 0.15) is 0 Å². The van der Waals surface area contributed by atoms with E-state index in [-0.39, 0.29) is 29.5 Å². The molecule has 1 fully saturated rings. The third-order valence-electron chi connectivity index (χ3n) is 3.64. The number of aliphatic hydroxyl groups excluding tert-OH is 1. The van der Waals surface area contributed by atoms with E-state index in [1.165, 1.54) is 0 Å². The molecule has 1 amide bonds. The van der Waals surface area contributed by atoms with Crippen LogP contribution in [0.4, 0.5) is 0 Å². The number of hydrogen-bond donors (Lipinski definition) is 2. The Hall–Kier alpha value is -1.70. The lowest BCUT2D eigenvalue weighted by molar-refractivity contribution is -0.0667. The van der Waals surface area contributed by atoms with Crippen molar-refractivity contribution in [1.82, 2.24) is 9.88 Å². The molecule has 0 radical (unpaired) electrons. The molecule has 112 valence electrons. The molecular weight excluding hydrogens is 292 g/mol. The van der Waals surface area contributed by atoms with Crippen molar-refractivity contribution in [2.45, 2.75) is 19.1 Å². The third-order valence-corrected chi connectivity index (χ3v) is 3.82. The van der Waals surface area contributed by atoms with Gasteiger partial charge < -0.3 is 24.1 Å². The number of H-pyrrole nitrogens is 1. The Kier molecular flexibility index (Phi) is 3.79. The quantitative estimate of drug-likeness (QED) is 0.826. The molecule has 1 saturated heterocycles. The summed E-state index contributed by atoms with van der Waals surface area (Å²) in [5, 5.41) is 9.20. The highest BCUT2D eigenvalue weighted by Gasteiger charge is 2.30. The zero-order valence-corrected chi connectivity index (χ0v) is 12.4. The molecule has 0 unspecified atom stereocenters. The van der Waals surface area contributed by atoms with Crippen molar-refractivity contribution in [2.24, 2.45) is 0 Å². The van der Waals surface area contributed by atoms with E-state index in [9.17, 15) is 9.90 Å². The minimum absolute atomic E-state index is 0.0336. The molecule has 2 heterocycles. The molecule has 3 rings (SSSR count). The van der Waals surface area contributed by atoms with Gasteiger partial charge in [0, 0.05) is 12.1 Å². The first-order valence-corrected chi connectivity index (χ1v) is 7.15. The second kappa shape index (κ2) is 5.59. The van der Waals surface area contributed by atoms with Gasteiger partial charge in [0.25, 0.3) is 10.7 Å². The monoisotopic (exact) mass is 308 g/mol. The second-order valence-corrected chi connectivity index (χ2v) is 5.54. The number of oxazole rings is 1. The lowest BCUT2D eigenvalue weighted by atomic mass is 10.1. The molecule has 1 aliphatic heterocycles. The Morgan fingerprint density at radius 3 is 3.14 bits per heavy atom. The predicted molar refractivity (Wildman–Crippen MR) is 78.7 cm³/mol. The number of nitrogens with one attached hydrogen (secondary N) is 1. The van der Waals surface area contributed by atoms with E-state index >= 15 is 0 Å². The Bertz CT molecular complexity index is 723. The number of rotatable bonds is 2. The van der Waals surface area contributed by atoms with E-state index in [2.05, 4.69) is 4.98 Å². The normalized spacial score (nSPS) is 22.7. The van der Waals surface area contributed by atoms with Crippen molar-refractivity contribution in [2.75, 3.05) is 19.8 Å². The standard InChI is InChI=1S/C14H16N2O4S/c1-8-7-19-10(6-17)5-16(8)13(18)9-2-3-11-12(4-9)20-14(21)15-11/h2-4,8,10,17H,5-7H2,1H3,(H,15,21)/t8-,10-/m1/s1. The fourth-order valence-electron chi connectivity index (χ4n) is 2.46. The number of benzene rings is 1. The highest BCUT2D eigenvalue weighted by Crippen LogP contribution is 2.19. The number of hydrogen-bond acceptors (Lipinski definition) is 5. The maximum atomic E-state index is 12.6. The van der Waals surface area contributed by atoms with E-state index in [1.54, 1.807) is 23.1 Å². The number of nitrogens with zero attached hydrogens (tertiary/aromatic N) is 1. The summed E-state index contributed by atoms with van der Waals surface area (Å²) in [7, 11) is 0. The number of aromatic amines is 1. The SMILES string of the molecule is C[C@@H]1CO[C@@H](CO)CN1C(=O)c1ccc2[nH]c(=S)oc2c1. The summed E-state index contributed by atoms with van der Waals surface area (Å²) in [6.07, 6.45) is -0.329. The van der Waals surface area contributed by atoms with E-state index in [0.29, 0.717) is 24.3 Å². The first kappa shape index (κ1) is 14.2. The lowest BCUT2D eigenvalue weighted by Gasteiger charge is -2.37. The van der Waals surface area contributed by atoms with Crippen LogP contribution in [0.15, 0.2) is 22.6 Å². The summed E-state index contributed by atoms with van der Waals surface area (Å²) in [6.45, 7) is 2.63. The molecule has 0 aliphatic carbocycles. The lowest BCUT2D eigenvalue weighted by Crippen LogP contribution is -2.52. The Morgan fingerprint density at radius 1 is 1.57 bits per heavy atom. The van der Waals surface area contributed by atoms with E-state index in [0.717, 1.165) is 5.52 Å². The molecule has 1 aliphatic rings. The van der Waals surface area contributed by atoms with Crippen LogP contribution in [0.1, 0.15) is 17.3 Å². The molecule has 2 N–H and O–H groups in total. The zero-order valence-electron chi connectivity index (χ0n) is 11.5. The summed E-state index contributed by atoms with van der Waals surface area (Å²) in [5.74, 6) is -0.103. The summed E-state index contributed by atoms with van der Waals surface area (Å²) >= 11 is 4.94. The summed E-state index contributed by atoms with van der Waals surface area (Å²) in [5.41, 5.74) is 1.86. The number of aliphatic hydroxyl groups is 1. The minimum atomic E-state index is -0.329. The number of ether oxygens (including phenoxy) is 1. The van der Waals surface area contributed by atoms with Crippen molar-refractivity contribution in [1.29, 1.82) is 0 Å². The average molecular weight is 308 g/mol. The summed E-state index contributed by atoms with van der Waals surface area (Å²) in [4.78, 5) is 17.5. The van der Waals surface area contributed by atoms with Crippen LogP contribution >= 0.6 is 12.2 Å². The molecule has 21 heavy (non-hydrogen) atoms. The summed E-state index contributed by atoms with van der Waals surface area (Å²) in [6, 6.07) is 5.16. The van der Waals surface area contributed by atoms with Gasteiger partial charge in [-0.25, -0.2) is 0 Å². The molecule has 6 nitrogen and oxygen atoms in total. The smallest absolute Gasteiger partial charge is 0.266 e. The van der Waals surface area contributed by atoms with Gasteiger partial charge in [-0.05, 0) is 37.3 Å². The second-order valence-electron chi connectivity index (χ2n) is 5.17. The molecule has 2 atom stereocenters. The number of amides is 1. The van der Waals surface area contributed by atoms with Crippen molar-refractivity contribution in [3.05, 3.63) is 28.6 Å². The number of carbonyl (C=O) groups is 1. The van der Waals surface area contributed by atoms with Crippen LogP contribution in [0.5, 0.6) is 0 Å². The van der Waals surface area contributed by atoms with Crippen LogP contribution < -0.4 is 0 Å². The fourth-order valence-corrected chi connectivity index (χ4v) is 2.65. The largest absolute Gasteiger partial charge is 0.429 e. The van der Waals surface area contributed by atoms with E-state index < -0.39 is 0 Å². The number of aromatic nitrogens is 1.